The van der Waals surface area contributed by atoms with Gasteiger partial charge < -0.3 is 10.6 Å². The fourth-order valence-corrected chi connectivity index (χ4v) is 4.25. The normalized spacial score (nSPS) is 10.9. The SMILES string of the molecule is Cc1ccc(NC(=O)CCNC(=O)c2ccccc2)cc1S(=O)(=O)Nc1ccccc1F. The predicted octanol–water partition coefficient (Wildman–Crippen LogP) is 3.69. The molecule has 0 aliphatic heterocycles. The molecule has 7 nitrogen and oxygen atoms in total. The highest BCUT2D eigenvalue weighted by atomic mass is 32.2. The highest BCUT2D eigenvalue weighted by Gasteiger charge is 2.19. The van der Waals surface area contributed by atoms with Crippen LogP contribution < -0.4 is 15.4 Å². The zero-order valence-corrected chi connectivity index (χ0v) is 18.1. The first-order valence-electron chi connectivity index (χ1n) is 9.77. The molecule has 166 valence electrons. The minimum atomic E-state index is -4.08. The molecule has 9 heteroatoms. The maximum Gasteiger partial charge on any atom is 0.262 e. The van der Waals surface area contributed by atoms with E-state index in [1.807, 2.05) is 0 Å². The van der Waals surface area contributed by atoms with Gasteiger partial charge in [0.15, 0.2) is 0 Å². The number of carbonyl (C=O) groups is 2. The monoisotopic (exact) mass is 455 g/mol. The molecule has 32 heavy (non-hydrogen) atoms. The van der Waals surface area contributed by atoms with Gasteiger partial charge in [0.1, 0.15) is 5.82 Å². The number of hydrogen-bond donors (Lipinski definition) is 3. The molecule has 0 spiro atoms. The van der Waals surface area contributed by atoms with Crippen LogP contribution in [0.4, 0.5) is 15.8 Å². The Kier molecular flexibility index (Phi) is 7.21. The van der Waals surface area contributed by atoms with Crippen molar-refractivity contribution >= 4 is 33.2 Å². The van der Waals surface area contributed by atoms with Crippen molar-refractivity contribution < 1.29 is 22.4 Å². The summed E-state index contributed by atoms with van der Waals surface area (Å²) in [5.74, 6) is -1.38. The minimum Gasteiger partial charge on any atom is -0.352 e. The van der Waals surface area contributed by atoms with Crippen LogP contribution in [0.1, 0.15) is 22.3 Å². The van der Waals surface area contributed by atoms with Gasteiger partial charge in [-0.15, -0.1) is 0 Å². The lowest BCUT2D eigenvalue weighted by Gasteiger charge is -2.13. The average molecular weight is 456 g/mol. The molecular weight excluding hydrogens is 433 g/mol. The standard InChI is InChI=1S/C23H22FN3O4S/c1-16-11-12-18(15-21(16)32(30,31)27-20-10-6-5-9-19(20)24)26-22(28)13-14-25-23(29)17-7-3-2-4-8-17/h2-12,15,27H,13-14H2,1H3,(H,25,29)(H,26,28). The van der Waals surface area contributed by atoms with Crippen molar-refractivity contribution in [1.82, 2.24) is 5.32 Å². The summed E-state index contributed by atoms with van der Waals surface area (Å²) in [6.45, 7) is 1.71. The van der Waals surface area contributed by atoms with Crippen LogP contribution in [0.25, 0.3) is 0 Å². The number of anilines is 2. The molecule has 3 N–H and O–H groups in total. The zero-order chi connectivity index (χ0) is 23.1. The predicted molar refractivity (Wildman–Crippen MR) is 120 cm³/mol. The van der Waals surface area contributed by atoms with Crippen LogP contribution in [0, 0.1) is 12.7 Å². The lowest BCUT2D eigenvalue weighted by Crippen LogP contribution is -2.27. The van der Waals surface area contributed by atoms with Crippen LogP contribution in [-0.4, -0.2) is 26.8 Å². The van der Waals surface area contributed by atoms with E-state index in [1.54, 1.807) is 49.4 Å². The largest absolute Gasteiger partial charge is 0.352 e. The number of halogens is 1. The molecule has 0 bridgehead atoms. The van der Waals surface area contributed by atoms with Gasteiger partial charge in [0.25, 0.3) is 15.9 Å². The van der Waals surface area contributed by atoms with Crippen LogP contribution >= 0.6 is 0 Å². The van der Waals surface area contributed by atoms with E-state index in [0.717, 1.165) is 6.07 Å². The Morgan fingerprint density at radius 2 is 1.62 bits per heavy atom. The van der Waals surface area contributed by atoms with E-state index in [1.165, 1.54) is 24.3 Å². The summed E-state index contributed by atoms with van der Waals surface area (Å²) in [6, 6.07) is 18.5. The fourth-order valence-electron chi connectivity index (χ4n) is 2.92. The molecule has 3 rings (SSSR count). The third-order valence-corrected chi connectivity index (χ3v) is 6.06. The van der Waals surface area contributed by atoms with Crippen molar-refractivity contribution in [2.24, 2.45) is 0 Å². The van der Waals surface area contributed by atoms with Crippen LogP contribution in [-0.2, 0) is 14.8 Å². The molecule has 2 amide bonds. The molecule has 0 atom stereocenters. The summed E-state index contributed by atoms with van der Waals surface area (Å²) >= 11 is 0. The van der Waals surface area contributed by atoms with Gasteiger partial charge in [-0.25, -0.2) is 12.8 Å². The van der Waals surface area contributed by atoms with E-state index in [-0.39, 0.29) is 35.1 Å². The lowest BCUT2D eigenvalue weighted by atomic mass is 10.2. The summed E-state index contributed by atoms with van der Waals surface area (Å²) in [4.78, 5) is 24.2. The second kappa shape index (κ2) is 10.1. The summed E-state index contributed by atoms with van der Waals surface area (Å²) in [6.07, 6.45) is 0.00199. The lowest BCUT2D eigenvalue weighted by molar-refractivity contribution is -0.116. The van der Waals surface area contributed by atoms with E-state index in [9.17, 15) is 22.4 Å². The molecule has 3 aromatic carbocycles. The molecule has 0 aliphatic rings. The quantitative estimate of drug-likeness (QED) is 0.482. The van der Waals surface area contributed by atoms with Gasteiger partial charge >= 0.3 is 0 Å². The first-order valence-corrected chi connectivity index (χ1v) is 11.3. The third kappa shape index (κ3) is 5.92. The highest BCUT2D eigenvalue weighted by Crippen LogP contribution is 2.24. The fraction of sp³-hybridized carbons (Fsp3) is 0.130. The first kappa shape index (κ1) is 23.0. The van der Waals surface area contributed by atoms with Crippen molar-refractivity contribution in [2.45, 2.75) is 18.2 Å². The van der Waals surface area contributed by atoms with Gasteiger partial charge in [-0.05, 0) is 48.9 Å². The number of aryl methyl sites for hydroxylation is 1. The second-order valence-corrected chi connectivity index (χ2v) is 8.64. The smallest absolute Gasteiger partial charge is 0.262 e. The number of para-hydroxylation sites is 1. The van der Waals surface area contributed by atoms with E-state index < -0.39 is 21.7 Å². The number of hydrogen-bond acceptors (Lipinski definition) is 4. The number of benzene rings is 3. The Hall–Kier alpha value is -3.72. The van der Waals surface area contributed by atoms with Crippen LogP contribution in [0.15, 0.2) is 77.7 Å². The molecule has 0 saturated heterocycles. The zero-order valence-electron chi connectivity index (χ0n) is 17.3. The molecule has 0 aromatic heterocycles. The highest BCUT2D eigenvalue weighted by molar-refractivity contribution is 7.92. The summed E-state index contributed by atoms with van der Waals surface area (Å²) in [5.41, 5.74) is 1.02. The molecule has 0 unspecified atom stereocenters. The van der Waals surface area contributed by atoms with E-state index >= 15 is 0 Å². The first-order chi connectivity index (χ1) is 15.3. The minimum absolute atomic E-state index is 0.00199. The summed E-state index contributed by atoms with van der Waals surface area (Å²) in [5, 5.41) is 5.27. The van der Waals surface area contributed by atoms with Crippen LogP contribution in [0.2, 0.25) is 0 Å². The molecule has 0 radical (unpaired) electrons. The molecule has 0 aliphatic carbocycles. The Morgan fingerprint density at radius 3 is 2.34 bits per heavy atom. The van der Waals surface area contributed by atoms with E-state index in [0.29, 0.717) is 11.1 Å². The topological polar surface area (TPSA) is 104 Å². The Bertz CT molecular complexity index is 1230. The van der Waals surface area contributed by atoms with Gasteiger partial charge in [-0.1, -0.05) is 36.4 Å². The van der Waals surface area contributed by atoms with Gasteiger partial charge in [0, 0.05) is 24.2 Å². The maximum atomic E-state index is 13.9. The molecule has 3 aromatic rings. The Morgan fingerprint density at radius 1 is 0.938 bits per heavy atom. The molecule has 0 saturated carbocycles. The molecule has 0 heterocycles. The van der Waals surface area contributed by atoms with Crippen molar-refractivity contribution in [3.05, 3.63) is 89.7 Å². The molecule has 0 fully saturated rings. The van der Waals surface area contributed by atoms with Gasteiger partial charge in [-0.2, -0.15) is 0 Å². The number of sulfonamides is 1. The van der Waals surface area contributed by atoms with Crippen LogP contribution in [0.3, 0.4) is 0 Å². The van der Waals surface area contributed by atoms with Crippen LogP contribution in [0.5, 0.6) is 0 Å². The Balaban J connectivity index is 1.63. The summed E-state index contributed by atoms with van der Waals surface area (Å²) < 4.78 is 41.6. The van der Waals surface area contributed by atoms with Crippen molar-refractivity contribution in [3.8, 4) is 0 Å². The molecular formula is C23H22FN3O4S. The maximum absolute atomic E-state index is 13.9. The van der Waals surface area contributed by atoms with Crippen molar-refractivity contribution in [2.75, 3.05) is 16.6 Å². The van der Waals surface area contributed by atoms with Crippen molar-refractivity contribution in [3.63, 3.8) is 0 Å². The Labute approximate surface area is 185 Å². The average Bonchev–Trinajstić information content (AvgIpc) is 2.77. The van der Waals surface area contributed by atoms with Gasteiger partial charge in [0.2, 0.25) is 5.91 Å². The number of nitrogens with one attached hydrogen (secondary N) is 3. The summed E-state index contributed by atoms with van der Waals surface area (Å²) in [7, 11) is -4.08. The van der Waals surface area contributed by atoms with E-state index in [2.05, 4.69) is 15.4 Å². The van der Waals surface area contributed by atoms with Gasteiger partial charge in [0.05, 0.1) is 10.6 Å². The van der Waals surface area contributed by atoms with Gasteiger partial charge in [-0.3, -0.25) is 14.3 Å². The number of carbonyl (C=O) groups excluding carboxylic acids is 2. The van der Waals surface area contributed by atoms with Crippen molar-refractivity contribution in [1.29, 1.82) is 0 Å². The second-order valence-electron chi connectivity index (χ2n) is 6.99. The number of rotatable bonds is 8. The van der Waals surface area contributed by atoms with E-state index in [4.69, 9.17) is 0 Å². The number of amides is 2. The third-order valence-electron chi connectivity index (χ3n) is 4.55.